The zero-order valence-electron chi connectivity index (χ0n) is 16.7. The van der Waals surface area contributed by atoms with Crippen molar-refractivity contribution in [1.29, 1.82) is 0 Å². The number of hydrogen-bond acceptors (Lipinski definition) is 3. The van der Waals surface area contributed by atoms with Crippen LogP contribution >= 0.6 is 0 Å². The van der Waals surface area contributed by atoms with Crippen LogP contribution in [0.25, 0.3) is 0 Å². The van der Waals surface area contributed by atoms with Crippen LogP contribution in [-0.2, 0) is 4.74 Å². The Kier molecular flexibility index (Phi) is 10.3. The Bertz CT molecular complexity index is 351. The van der Waals surface area contributed by atoms with Crippen molar-refractivity contribution in [2.24, 2.45) is 10.4 Å². The maximum Gasteiger partial charge on any atom is 0.191 e. The fraction of sp³-hybridized carbons (Fsp3) is 0.947. The van der Waals surface area contributed by atoms with Crippen molar-refractivity contribution in [1.82, 2.24) is 15.5 Å². The molecule has 0 heterocycles. The Labute approximate surface area is 149 Å². The van der Waals surface area contributed by atoms with Gasteiger partial charge in [0.2, 0.25) is 0 Å². The van der Waals surface area contributed by atoms with Gasteiger partial charge in [-0.25, -0.2) is 0 Å². The van der Waals surface area contributed by atoms with Gasteiger partial charge in [-0.15, -0.1) is 0 Å². The molecule has 1 saturated carbocycles. The highest BCUT2D eigenvalue weighted by molar-refractivity contribution is 5.79. The van der Waals surface area contributed by atoms with Gasteiger partial charge in [-0.2, -0.15) is 0 Å². The highest BCUT2D eigenvalue weighted by Gasteiger charge is 2.33. The van der Waals surface area contributed by atoms with Crippen LogP contribution in [0.4, 0.5) is 0 Å². The summed E-state index contributed by atoms with van der Waals surface area (Å²) in [5.41, 5.74) is 0.353. The number of likely N-dealkylation sites (N-methyl/N-ethyl adjacent to an activating group) is 1. The standard InChI is InChI=1S/C19H40N4O/c1-6-20-18(21-13-14-23(7-2)17(3)4)22-16-19(12-15-24-5)10-8-9-11-19/h17H,6-16H2,1-5H3,(H2,20,21,22). The quantitative estimate of drug-likeness (QED) is 0.448. The lowest BCUT2D eigenvalue weighted by molar-refractivity contribution is 0.141. The molecule has 1 aliphatic carbocycles. The average Bonchev–Trinajstić information content (AvgIpc) is 3.03. The van der Waals surface area contributed by atoms with E-state index in [0.29, 0.717) is 11.5 Å². The molecule has 24 heavy (non-hydrogen) atoms. The van der Waals surface area contributed by atoms with E-state index >= 15 is 0 Å². The van der Waals surface area contributed by atoms with Gasteiger partial charge in [0.25, 0.3) is 0 Å². The van der Waals surface area contributed by atoms with Gasteiger partial charge < -0.3 is 15.4 Å². The van der Waals surface area contributed by atoms with Crippen molar-refractivity contribution in [2.45, 2.75) is 65.8 Å². The Balaban J connectivity index is 2.54. The topological polar surface area (TPSA) is 48.9 Å². The molecule has 142 valence electrons. The minimum Gasteiger partial charge on any atom is -0.385 e. The van der Waals surface area contributed by atoms with Crippen molar-refractivity contribution in [2.75, 3.05) is 46.4 Å². The first-order chi connectivity index (χ1) is 11.6. The molecule has 0 amide bonds. The first kappa shape index (κ1) is 21.2. The van der Waals surface area contributed by atoms with Gasteiger partial charge in [-0.05, 0) is 52.0 Å². The first-order valence-electron chi connectivity index (χ1n) is 9.82. The summed E-state index contributed by atoms with van der Waals surface area (Å²) in [5.74, 6) is 0.959. The second-order valence-corrected chi connectivity index (χ2v) is 7.29. The lowest BCUT2D eigenvalue weighted by Gasteiger charge is -2.28. The van der Waals surface area contributed by atoms with Crippen molar-refractivity contribution in [3.05, 3.63) is 0 Å². The molecule has 5 nitrogen and oxygen atoms in total. The lowest BCUT2D eigenvalue weighted by atomic mass is 9.83. The predicted molar refractivity (Wildman–Crippen MR) is 104 cm³/mol. The van der Waals surface area contributed by atoms with Crippen molar-refractivity contribution < 1.29 is 4.74 Å². The van der Waals surface area contributed by atoms with Crippen LogP contribution in [0.2, 0.25) is 0 Å². The molecule has 0 aromatic heterocycles. The Morgan fingerprint density at radius 2 is 1.92 bits per heavy atom. The van der Waals surface area contributed by atoms with Crippen LogP contribution in [0, 0.1) is 5.41 Å². The van der Waals surface area contributed by atoms with E-state index in [-0.39, 0.29) is 0 Å². The molecule has 0 unspecified atom stereocenters. The molecule has 1 rings (SSSR count). The Morgan fingerprint density at radius 3 is 2.46 bits per heavy atom. The summed E-state index contributed by atoms with van der Waals surface area (Å²) in [6, 6.07) is 0.590. The van der Waals surface area contributed by atoms with E-state index in [1.54, 1.807) is 7.11 Å². The number of rotatable bonds is 11. The summed E-state index contributed by atoms with van der Waals surface area (Å²) in [5, 5.41) is 6.89. The number of hydrogen-bond donors (Lipinski definition) is 2. The van der Waals surface area contributed by atoms with Crippen LogP contribution in [0.3, 0.4) is 0 Å². The second-order valence-electron chi connectivity index (χ2n) is 7.29. The molecule has 1 aliphatic rings. The molecule has 0 aliphatic heterocycles. The number of aliphatic imine (C=N–C) groups is 1. The van der Waals surface area contributed by atoms with E-state index in [9.17, 15) is 0 Å². The summed E-state index contributed by atoms with van der Waals surface area (Å²) in [6.45, 7) is 14.6. The van der Waals surface area contributed by atoms with Gasteiger partial charge in [0.1, 0.15) is 0 Å². The molecule has 0 radical (unpaired) electrons. The van der Waals surface area contributed by atoms with E-state index in [1.165, 1.54) is 25.7 Å². The summed E-state index contributed by atoms with van der Waals surface area (Å²) in [6.07, 6.45) is 6.38. The SMILES string of the molecule is CCNC(=NCC1(CCOC)CCCC1)NCCN(CC)C(C)C. The van der Waals surface area contributed by atoms with Crippen molar-refractivity contribution >= 4 is 5.96 Å². The maximum atomic E-state index is 5.32. The van der Waals surface area contributed by atoms with Crippen molar-refractivity contribution in [3.63, 3.8) is 0 Å². The maximum absolute atomic E-state index is 5.32. The number of methoxy groups -OCH3 is 1. The zero-order chi connectivity index (χ0) is 17.8. The van der Waals surface area contributed by atoms with E-state index in [1.807, 2.05) is 0 Å². The third-order valence-corrected chi connectivity index (χ3v) is 5.25. The number of guanidine groups is 1. The molecule has 1 fully saturated rings. The lowest BCUT2D eigenvalue weighted by Crippen LogP contribution is -2.43. The minimum absolute atomic E-state index is 0.353. The highest BCUT2D eigenvalue weighted by atomic mass is 16.5. The molecule has 0 aromatic rings. The van der Waals surface area contributed by atoms with Gasteiger partial charge in [-0.1, -0.05) is 19.8 Å². The minimum atomic E-state index is 0.353. The summed E-state index contributed by atoms with van der Waals surface area (Å²) >= 11 is 0. The Hall–Kier alpha value is -0.810. The fourth-order valence-electron chi connectivity index (χ4n) is 3.62. The van der Waals surface area contributed by atoms with Crippen molar-refractivity contribution in [3.8, 4) is 0 Å². The van der Waals surface area contributed by atoms with Crippen LogP contribution in [0.5, 0.6) is 0 Å². The highest BCUT2D eigenvalue weighted by Crippen LogP contribution is 2.41. The summed E-state index contributed by atoms with van der Waals surface area (Å²) in [4.78, 5) is 7.37. The molecular weight excluding hydrogens is 300 g/mol. The predicted octanol–water partition coefficient (Wildman–Crippen LogP) is 2.87. The van der Waals surface area contributed by atoms with E-state index < -0.39 is 0 Å². The van der Waals surface area contributed by atoms with E-state index in [4.69, 9.17) is 9.73 Å². The third kappa shape index (κ3) is 7.39. The van der Waals surface area contributed by atoms with Crippen LogP contribution in [0.15, 0.2) is 4.99 Å². The number of ether oxygens (including phenoxy) is 1. The van der Waals surface area contributed by atoms with E-state index in [0.717, 1.165) is 51.7 Å². The van der Waals surface area contributed by atoms with Gasteiger partial charge in [0, 0.05) is 45.9 Å². The smallest absolute Gasteiger partial charge is 0.191 e. The van der Waals surface area contributed by atoms with Gasteiger partial charge in [-0.3, -0.25) is 9.89 Å². The van der Waals surface area contributed by atoms with Crippen LogP contribution in [-0.4, -0.2) is 63.3 Å². The monoisotopic (exact) mass is 340 g/mol. The third-order valence-electron chi connectivity index (χ3n) is 5.25. The molecule has 0 bridgehead atoms. The summed E-state index contributed by atoms with van der Waals surface area (Å²) < 4.78 is 5.32. The van der Waals surface area contributed by atoms with Gasteiger partial charge in [0.15, 0.2) is 5.96 Å². The first-order valence-corrected chi connectivity index (χ1v) is 9.82. The molecule has 0 aromatic carbocycles. The zero-order valence-corrected chi connectivity index (χ0v) is 16.7. The van der Waals surface area contributed by atoms with E-state index in [2.05, 4.69) is 43.2 Å². The molecule has 0 spiro atoms. The molecule has 0 saturated heterocycles. The Morgan fingerprint density at radius 1 is 1.21 bits per heavy atom. The van der Waals surface area contributed by atoms with Gasteiger partial charge >= 0.3 is 0 Å². The number of nitrogens with one attached hydrogen (secondary N) is 2. The molecule has 2 N–H and O–H groups in total. The largest absolute Gasteiger partial charge is 0.385 e. The van der Waals surface area contributed by atoms with Crippen LogP contribution < -0.4 is 10.6 Å². The molecular formula is C19H40N4O. The molecule has 5 heteroatoms. The fourth-order valence-corrected chi connectivity index (χ4v) is 3.62. The van der Waals surface area contributed by atoms with Crippen LogP contribution in [0.1, 0.15) is 59.8 Å². The normalized spacial score (nSPS) is 17.7. The van der Waals surface area contributed by atoms with Gasteiger partial charge in [0.05, 0.1) is 0 Å². The number of nitrogens with zero attached hydrogens (tertiary/aromatic N) is 2. The average molecular weight is 341 g/mol. The second kappa shape index (κ2) is 11.7. The summed E-state index contributed by atoms with van der Waals surface area (Å²) in [7, 11) is 1.80. The molecule has 0 atom stereocenters.